The van der Waals surface area contributed by atoms with E-state index in [1.807, 2.05) is 6.08 Å². The van der Waals surface area contributed by atoms with E-state index in [1.54, 1.807) is 26.0 Å². The Morgan fingerprint density at radius 3 is 2.73 bits per heavy atom. The second-order valence-electron chi connectivity index (χ2n) is 9.49. The topological polar surface area (TPSA) is 79.4 Å². The van der Waals surface area contributed by atoms with Crippen LogP contribution in [0.15, 0.2) is 23.3 Å². The molecule has 0 unspecified atom stereocenters. The number of amides is 1. The molecule has 2 fully saturated rings. The summed E-state index contributed by atoms with van der Waals surface area (Å²) in [5, 5.41) is 10.0. The minimum Gasteiger partial charge on any atom is -0.392 e. The Morgan fingerprint density at radius 2 is 2.06 bits per heavy atom. The zero-order chi connectivity index (χ0) is 24.4. The lowest BCUT2D eigenvalue weighted by Gasteiger charge is -2.29. The number of ether oxygens (including phenoxy) is 2. The van der Waals surface area contributed by atoms with Crippen molar-refractivity contribution in [1.82, 2.24) is 4.90 Å². The van der Waals surface area contributed by atoms with Crippen LogP contribution in [0.1, 0.15) is 78.1 Å². The van der Waals surface area contributed by atoms with E-state index >= 15 is 0 Å². The van der Waals surface area contributed by atoms with E-state index in [2.05, 4.69) is 13.0 Å². The van der Waals surface area contributed by atoms with Gasteiger partial charge in [-0.25, -0.2) is 0 Å². The number of aliphatic hydroxyl groups is 1. The molecule has 0 radical (unpaired) electrons. The van der Waals surface area contributed by atoms with Gasteiger partial charge in [0.2, 0.25) is 5.91 Å². The largest absolute Gasteiger partial charge is 0.392 e. The summed E-state index contributed by atoms with van der Waals surface area (Å²) in [5.74, 6) is -0.673. The molecule has 1 N–H and O–H groups in total. The number of nitrogens with zero attached hydrogens (tertiary/aromatic N) is 1. The fourth-order valence-corrected chi connectivity index (χ4v) is 4.88. The Morgan fingerprint density at radius 1 is 1.33 bits per heavy atom. The SMILES string of the molecule is CCCCCCC[C@@H](C/C=C/CCC(=O)N(C)C/C(=C/Cl)[C@@]12O[C@@H]1C[C@H](O)[C@H](C)C2=O)OC. The molecular formula is C26H42ClNO5. The Labute approximate surface area is 204 Å². The number of ketones is 1. The quantitative estimate of drug-likeness (QED) is 0.206. The van der Waals surface area contributed by atoms with E-state index in [9.17, 15) is 14.7 Å². The number of likely N-dealkylation sites (N-methyl/N-ethyl adjacent to an activating group) is 1. The molecular weight excluding hydrogens is 442 g/mol. The maximum atomic E-state index is 12.8. The second-order valence-corrected chi connectivity index (χ2v) is 9.71. The first kappa shape index (κ1) is 28.0. The molecule has 5 atom stereocenters. The normalized spacial score (nSPS) is 28.1. The molecule has 1 amide bonds. The third kappa shape index (κ3) is 7.38. The summed E-state index contributed by atoms with van der Waals surface area (Å²) in [5.41, 5.74) is 0.880. The number of Topliss-reactive ketones (excluding diaryl/α,β-unsaturated/α-hetero) is 1. The number of halogens is 1. The third-order valence-corrected chi connectivity index (χ3v) is 7.30. The summed E-state index contributed by atoms with van der Waals surface area (Å²) < 4.78 is 11.3. The number of hydrogen-bond donors (Lipinski definition) is 1. The van der Waals surface area contributed by atoms with Crippen LogP contribution < -0.4 is 0 Å². The van der Waals surface area contributed by atoms with Crippen LogP contribution in [0, 0.1) is 5.92 Å². The van der Waals surface area contributed by atoms with E-state index in [0.717, 1.165) is 12.8 Å². The molecule has 188 valence electrons. The summed E-state index contributed by atoms with van der Waals surface area (Å²) in [6, 6.07) is 0. The summed E-state index contributed by atoms with van der Waals surface area (Å²) >= 11 is 6.05. The van der Waals surface area contributed by atoms with E-state index in [1.165, 1.54) is 37.6 Å². The highest BCUT2D eigenvalue weighted by molar-refractivity contribution is 6.26. The zero-order valence-electron chi connectivity index (χ0n) is 20.7. The van der Waals surface area contributed by atoms with Gasteiger partial charge in [0.15, 0.2) is 11.4 Å². The average molecular weight is 484 g/mol. The van der Waals surface area contributed by atoms with Gasteiger partial charge in [-0.15, -0.1) is 0 Å². The number of unbranched alkanes of at least 4 members (excludes halogenated alkanes) is 4. The summed E-state index contributed by atoms with van der Waals surface area (Å²) in [6.07, 6.45) is 13.0. The lowest BCUT2D eigenvalue weighted by Crippen LogP contribution is -2.46. The maximum absolute atomic E-state index is 12.8. The molecule has 1 saturated carbocycles. The first-order valence-electron chi connectivity index (χ1n) is 12.4. The molecule has 7 heteroatoms. The number of epoxide rings is 1. The minimum absolute atomic E-state index is 0.0141. The maximum Gasteiger partial charge on any atom is 0.222 e. The standard InChI is InChI=1S/C26H42ClNO5/c1-5-6-7-8-10-13-21(32-4)14-11-9-12-15-24(30)28(3)18-20(17-27)26-23(33-26)16-22(29)19(2)25(26)31/h9,11,17,19,21-23,29H,5-8,10,12-16,18H2,1-4H3/b11-9+,20-17-/t19-,21-,22-,23+,26+/m0/s1. The van der Waals surface area contributed by atoms with Gasteiger partial charge in [-0.05, 0) is 19.3 Å². The Hall–Kier alpha value is -1.21. The van der Waals surface area contributed by atoms with Gasteiger partial charge in [-0.3, -0.25) is 9.59 Å². The van der Waals surface area contributed by atoms with Gasteiger partial charge < -0.3 is 19.5 Å². The fraction of sp³-hybridized carbons (Fsp3) is 0.769. The van der Waals surface area contributed by atoms with Crippen LogP contribution in [-0.2, 0) is 19.1 Å². The zero-order valence-corrected chi connectivity index (χ0v) is 21.5. The molecule has 1 saturated heterocycles. The summed E-state index contributed by atoms with van der Waals surface area (Å²) in [6.45, 7) is 4.17. The lowest BCUT2D eigenvalue weighted by molar-refractivity contribution is -0.132. The third-order valence-electron chi connectivity index (χ3n) is 7.03. The first-order valence-corrected chi connectivity index (χ1v) is 12.9. The molecule has 1 aliphatic carbocycles. The van der Waals surface area contributed by atoms with Crippen molar-refractivity contribution in [2.75, 3.05) is 20.7 Å². The van der Waals surface area contributed by atoms with E-state index in [4.69, 9.17) is 21.1 Å². The van der Waals surface area contributed by atoms with Crippen LogP contribution in [0.3, 0.4) is 0 Å². The fourth-order valence-electron chi connectivity index (χ4n) is 4.65. The molecule has 33 heavy (non-hydrogen) atoms. The molecule has 6 nitrogen and oxygen atoms in total. The number of aliphatic hydroxyl groups excluding tert-OH is 1. The van der Waals surface area contributed by atoms with E-state index in [-0.39, 0.29) is 30.4 Å². The van der Waals surface area contributed by atoms with Gasteiger partial charge in [-0.2, -0.15) is 0 Å². The molecule has 0 bridgehead atoms. The van der Waals surface area contributed by atoms with Gasteiger partial charge in [0.1, 0.15) is 6.10 Å². The van der Waals surface area contributed by atoms with Crippen molar-refractivity contribution in [2.24, 2.45) is 5.92 Å². The lowest BCUT2D eigenvalue weighted by atomic mass is 9.75. The van der Waals surface area contributed by atoms with Gasteiger partial charge >= 0.3 is 0 Å². The predicted molar refractivity (Wildman–Crippen MR) is 131 cm³/mol. The van der Waals surface area contributed by atoms with Crippen molar-refractivity contribution in [3.63, 3.8) is 0 Å². The molecule has 0 aromatic rings. The van der Waals surface area contributed by atoms with E-state index < -0.39 is 17.6 Å². The second kappa shape index (κ2) is 13.6. The van der Waals surface area contributed by atoms with Crippen molar-refractivity contribution < 1.29 is 24.2 Å². The Bertz CT molecular complexity index is 709. The summed E-state index contributed by atoms with van der Waals surface area (Å²) in [4.78, 5) is 27.0. The number of methoxy groups -OCH3 is 1. The van der Waals surface area contributed by atoms with E-state index in [0.29, 0.717) is 24.8 Å². The van der Waals surface area contributed by atoms with Crippen LogP contribution in [-0.4, -0.2) is 66.3 Å². The molecule has 1 heterocycles. The number of carbonyl (C=O) groups excluding carboxylic acids is 2. The van der Waals surface area contributed by atoms with Gasteiger partial charge in [0.25, 0.3) is 0 Å². The molecule has 0 aromatic carbocycles. The monoisotopic (exact) mass is 483 g/mol. The van der Waals surface area contributed by atoms with Crippen LogP contribution in [0.4, 0.5) is 0 Å². The number of allylic oxidation sites excluding steroid dienone is 1. The average Bonchev–Trinajstić information content (AvgIpc) is 3.53. The highest BCUT2D eigenvalue weighted by Gasteiger charge is 2.68. The smallest absolute Gasteiger partial charge is 0.222 e. The molecule has 2 rings (SSSR count). The van der Waals surface area contributed by atoms with Gasteiger partial charge in [0.05, 0.1) is 12.2 Å². The van der Waals surface area contributed by atoms with Crippen LogP contribution in [0.25, 0.3) is 0 Å². The first-order chi connectivity index (χ1) is 15.8. The minimum atomic E-state index is -1.07. The van der Waals surface area contributed by atoms with Crippen LogP contribution in [0.2, 0.25) is 0 Å². The van der Waals surface area contributed by atoms with Crippen LogP contribution in [0.5, 0.6) is 0 Å². The Kier molecular flexibility index (Phi) is 11.6. The van der Waals surface area contributed by atoms with Gasteiger partial charge in [-0.1, -0.05) is 69.7 Å². The van der Waals surface area contributed by atoms with Crippen molar-refractivity contribution in [1.29, 1.82) is 0 Å². The van der Waals surface area contributed by atoms with Crippen molar-refractivity contribution in [2.45, 2.75) is 102 Å². The number of carbonyl (C=O) groups is 2. The summed E-state index contributed by atoms with van der Waals surface area (Å²) in [7, 11) is 3.47. The predicted octanol–water partition coefficient (Wildman–Crippen LogP) is 4.78. The molecule has 1 aliphatic heterocycles. The highest BCUT2D eigenvalue weighted by Crippen LogP contribution is 2.52. The van der Waals surface area contributed by atoms with Crippen molar-refractivity contribution in [3.05, 3.63) is 23.3 Å². The molecule has 0 spiro atoms. The number of rotatable bonds is 15. The Balaban J connectivity index is 1.73. The van der Waals surface area contributed by atoms with Gasteiger partial charge in [0, 0.05) is 50.6 Å². The van der Waals surface area contributed by atoms with Crippen LogP contribution >= 0.6 is 11.6 Å². The molecule has 0 aromatic heterocycles. The van der Waals surface area contributed by atoms with Crippen molar-refractivity contribution in [3.8, 4) is 0 Å². The molecule has 2 aliphatic rings. The highest BCUT2D eigenvalue weighted by atomic mass is 35.5. The number of hydrogen-bond acceptors (Lipinski definition) is 5. The van der Waals surface area contributed by atoms with Crippen molar-refractivity contribution >= 4 is 23.3 Å². The number of fused-ring (bicyclic) bond motifs is 1.